The Balaban J connectivity index is 2.09. The topological polar surface area (TPSA) is 105 Å². The number of carbonyl (C=O) groups excluding carboxylic acids is 2. The van der Waals surface area contributed by atoms with Crippen LogP contribution in [-0.2, 0) is 4.74 Å². The predicted molar refractivity (Wildman–Crippen MR) is 109 cm³/mol. The molecule has 0 spiro atoms. The van der Waals surface area contributed by atoms with Gasteiger partial charge < -0.3 is 19.7 Å². The average Bonchev–Trinajstić information content (AvgIpc) is 2.71. The van der Waals surface area contributed by atoms with E-state index >= 15 is 0 Å². The Hall–Kier alpha value is -2.90. The van der Waals surface area contributed by atoms with Crippen molar-refractivity contribution in [2.45, 2.75) is 26.4 Å². The molecule has 0 saturated carbocycles. The minimum absolute atomic E-state index is 0.0210. The molecule has 7 heteroatoms. The Labute approximate surface area is 170 Å². The number of amides is 1. The van der Waals surface area contributed by atoms with Gasteiger partial charge in [0, 0.05) is 17.9 Å². The Morgan fingerprint density at radius 1 is 1.00 bits per heavy atom. The zero-order valence-corrected chi connectivity index (χ0v) is 16.6. The smallest absolute Gasteiger partial charge is 0.412 e. The van der Waals surface area contributed by atoms with Crippen LogP contribution in [0.15, 0.2) is 48.5 Å². The van der Waals surface area contributed by atoms with Gasteiger partial charge in [0.1, 0.15) is 18.5 Å². The van der Waals surface area contributed by atoms with E-state index in [1.54, 1.807) is 48.5 Å². The summed E-state index contributed by atoms with van der Waals surface area (Å²) in [5.74, 6) is 0.435. The van der Waals surface area contributed by atoms with Crippen LogP contribution in [0.2, 0.25) is 0 Å². The molecule has 0 saturated heterocycles. The fourth-order valence-electron chi connectivity index (χ4n) is 2.84. The Morgan fingerprint density at radius 3 is 2.21 bits per heavy atom. The van der Waals surface area contributed by atoms with Gasteiger partial charge in [-0.25, -0.2) is 4.79 Å². The first kappa shape index (κ1) is 22.4. The molecule has 156 valence electrons. The van der Waals surface area contributed by atoms with Crippen LogP contribution in [0.5, 0.6) is 5.75 Å². The standard InChI is InChI=1S/C22H27NO6/c1-15(11-12-24)21(18-5-9-20(10-6-18)28-14-13-25)29-22(27)23-19-7-3-17(4-8-19)16(2)26/h3-10,15,21,24-25H,11-14H2,1-2H3,(H,23,27)/t15-,21+/m1/s1. The number of aliphatic hydroxyl groups excluding tert-OH is 2. The molecule has 2 rings (SSSR count). The number of benzene rings is 2. The molecular weight excluding hydrogens is 374 g/mol. The van der Waals surface area contributed by atoms with E-state index in [0.717, 1.165) is 5.56 Å². The van der Waals surface area contributed by atoms with Crippen LogP contribution < -0.4 is 10.1 Å². The van der Waals surface area contributed by atoms with Crippen LogP contribution in [0.4, 0.5) is 10.5 Å². The van der Waals surface area contributed by atoms with Crippen molar-refractivity contribution in [3.8, 4) is 5.75 Å². The van der Waals surface area contributed by atoms with E-state index in [1.165, 1.54) is 6.92 Å². The van der Waals surface area contributed by atoms with Crippen LogP contribution in [-0.4, -0.2) is 41.9 Å². The highest BCUT2D eigenvalue weighted by Gasteiger charge is 2.23. The molecule has 0 bridgehead atoms. The number of carbonyl (C=O) groups is 2. The molecule has 0 heterocycles. The van der Waals surface area contributed by atoms with E-state index in [4.69, 9.17) is 14.6 Å². The van der Waals surface area contributed by atoms with Crippen molar-refractivity contribution in [1.29, 1.82) is 0 Å². The highest BCUT2D eigenvalue weighted by atomic mass is 16.6. The summed E-state index contributed by atoms with van der Waals surface area (Å²) in [4.78, 5) is 23.8. The van der Waals surface area contributed by atoms with E-state index in [2.05, 4.69) is 5.32 Å². The van der Waals surface area contributed by atoms with Crippen LogP contribution in [0.3, 0.4) is 0 Å². The van der Waals surface area contributed by atoms with Crippen molar-refractivity contribution in [1.82, 2.24) is 0 Å². The third-order valence-corrected chi connectivity index (χ3v) is 4.44. The summed E-state index contributed by atoms with van der Waals surface area (Å²) < 4.78 is 11.0. The summed E-state index contributed by atoms with van der Waals surface area (Å²) in [6.45, 7) is 3.47. The van der Waals surface area contributed by atoms with Crippen LogP contribution in [0.1, 0.15) is 42.3 Å². The average molecular weight is 401 g/mol. The van der Waals surface area contributed by atoms with Crippen molar-refractivity contribution in [3.05, 3.63) is 59.7 Å². The van der Waals surface area contributed by atoms with Gasteiger partial charge in [0.2, 0.25) is 0 Å². The van der Waals surface area contributed by atoms with E-state index < -0.39 is 12.2 Å². The Morgan fingerprint density at radius 2 is 1.66 bits per heavy atom. The predicted octanol–water partition coefficient (Wildman–Crippen LogP) is 3.57. The molecule has 1 amide bonds. The SMILES string of the molecule is CC(=O)c1ccc(NC(=O)O[C@H](c2ccc(OCCO)cc2)[C@H](C)CCO)cc1. The van der Waals surface area contributed by atoms with Crippen LogP contribution in [0.25, 0.3) is 0 Å². The lowest BCUT2D eigenvalue weighted by Crippen LogP contribution is -2.22. The summed E-state index contributed by atoms with van der Waals surface area (Å²) in [7, 11) is 0. The zero-order chi connectivity index (χ0) is 21.2. The molecule has 0 aliphatic heterocycles. The number of hydrogen-bond donors (Lipinski definition) is 3. The lowest BCUT2D eigenvalue weighted by molar-refractivity contribution is 0.0667. The maximum Gasteiger partial charge on any atom is 0.412 e. The van der Waals surface area contributed by atoms with Gasteiger partial charge in [-0.1, -0.05) is 19.1 Å². The van der Waals surface area contributed by atoms with E-state index in [1.807, 2.05) is 6.92 Å². The van der Waals surface area contributed by atoms with Crippen molar-refractivity contribution in [2.75, 3.05) is 25.1 Å². The minimum Gasteiger partial charge on any atom is -0.491 e. The van der Waals surface area contributed by atoms with Gasteiger partial charge in [-0.15, -0.1) is 0 Å². The molecule has 0 fully saturated rings. The highest BCUT2D eigenvalue weighted by Crippen LogP contribution is 2.30. The first-order chi connectivity index (χ1) is 13.9. The van der Waals surface area contributed by atoms with Crippen LogP contribution in [0, 0.1) is 5.92 Å². The largest absolute Gasteiger partial charge is 0.491 e. The summed E-state index contributed by atoms with van der Waals surface area (Å²) in [5.41, 5.74) is 1.84. The quantitative estimate of drug-likeness (QED) is 0.526. The molecule has 0 radical (unpaired) electrons. The molecule has 3 N–H and O–H groups in total. The summed E-state index contributed by atoms with van der Waals surface area (Å²) in [6.07, 6.45) is -0.727. The number of nitrogens with one attached hydrogen (secondary N) is 1. The van der Waals surface area contributed by atoms with Gasteiger partial charge in [-0.2, -0.15) is 0 Å². The molecule has 7 nitrogen and oxygen atoms in total. The molecule has 2 aromatic rings. The number of hydrogen-bond acceptors (Lipinski definition) is 6. The summed E-state index contributed by atoms with van der Waals surface area (Å²) in [6, 6.07) is 13.6. The third kappa shape index (κ3) is 6.89. The van der Waals surface area contributed by atoms with Gasteiger partial charge in [-0.3, -0.25) is 10.1 Å². The van der Waals surface area contributed by atoms with Gasteiger partial charge in [0.15, 0.2) is 5.78 Å². The van der Waals surface area contributed by atoms with E-state index in [9.17, 15) is 14.7 Å². The molecule has 0 aromatic heterocycles. The second kappa shape index (κ2) is 11.2. The first-order valence-corrected chi connectivity index (χ1v) is 9.47. The molecule has 0 aliphatic carbocycles. The Bertz CT molecular complexity index is 788. The number of ether oxygens (including phenoxy) is 2. The minimum atomic E-state index is -0.629. The number of aliphatic hydroxyl groups is 2. The fourth-order valence-corrected chi connectivity index (χ4v) is 2.84. The van der Waals surface area contributed by atoms with E-state index in [-0.39, 0.29) is 31.5 Å². The lowest BCUT2D eigenvalue weighted by atomic mass is 9.94. The number of anilines is 1. The van der Waals surface area contributed by atoms with E-state index in [0.29, 0.717) is 23.4 Å². The maximum atomic E-state index is 12.4. The van der Waals surface area contributed by atoms with Gasteiger partial charge in [-0.05, 0) is 61.2 Å². The fraction of sp³-hybridized carbons (Fsp3) is 0.364. The highest BCUT2D eigenvalue weighted by molar-refractivity contribution is 5.94. The molecule has 0 unspecified atom stereocenters. The molecular formula is C22H27NO6. The Kier molecular flexibility index (Phi) is 8.64. The second-order valence-electron chi connectivity index (χ2n) is 6.72. The first-order valence-electron chi connectivity index (χ1n) is 9.47. The summed E-state index contributed by atoms with van der Waals surface area (Å²) in [5, 5.41) is 20.8. The van der Waals surface area contributed by atoms with Crippen molar-refractivity contribution >= 4 is 17.6 Å². The third-order valence-electron chi connectivity index (χ3n) is 4.44. The summed E-state index contributed by atoms with van der Waals surface area (Å²) >= 11 is 0. The number of rotatable bonds is 10. The van der Waals surface area contributed by atoms with Crippen molar-refractivity contribution in [2.24, 2.45) is 5.92 Å². The lowest BCUT2D eigenvalue weighted by Gasteiger charge is -2.24. The van der Waals surface area contributed by atoms with Gasteiger partial charge in [0.05, 0.1) is 6.61 Å². The molecule has 0 aliphatic rings. The van der Waals surface area contributed by atoms with Crippen LogP contribution >= 0.6 is 0 Å². The molecule has 2 aromatic carbocycles. The monoisotopic (exact) mass is 401 g/mol. The zero-order valence-electron chi connectivity index (χ0n) is 16.6. The number of Topliss-reactive ketones (excluding diaryl/α,β-unsaturated/α-hetero) is 1. The molecule has 2 atom stereocenters. The van der Waals surface area contributed by atoms with Crippen molar-refractivity contribution in [3.63, 3.8) is 0 Å². The van der Waals surface area contributed by atoms with Gasteiger partial charge in [0.25, 0.3) is 0 Å². The molecule has 29 heavy (non-hydrogen) atoms. The van der Waals surface area contributed by atoms with Gasteiger partial charge >= 0.3 is 6.09 Å². The maximum absolute atomic E-state index is 12.4. The normalized spacial score (nSPS) is 12.7. The van der Waals surface area contributed by atoms with Crippen molar-refractivity contribution < 1.29 is 29.3 Å². The second-order valence-corrected chi connectivity index (χ2v) is 6.72. The number of ketones is 1.